The quantitative estimate of drug-likeness (QED) is 0.518. The standard InChI is InChI=1S/C23H20N4O2/c1-16-9-11-17(12-10-16)22(28)18-6-2-3-7-19(18)23(29)24-14-13-21-26-25-20-8-4-5-15-27(20)21/h2-12,15H,13-14H2,1H3,(H,24,29). The zero-order valence-electron chi connectivity index (χ0n) is 16.0. The Hall–Kier alpha value is -3.80. The number of carbonyl (C=O) groups excluding carboxylic acids is 2. The van der Waals surface area contributed by atoms with Gasteiger partial charge in [0.15, 0.2) is 11.4 Å². The summed E-state index contributed by atoms with van der Waals surface area (Å²) in [4.78, 5) is 25.6. The molecule has 1 amide bonds. The van der Waals surface area contributed by atoms with Gasteiger partial charge in [-0.15, -0.1) is 10.2 Å². The van der Waals surface area contributed by atoms with Crippen molar-refractivity contribution in [2.75, 3.05) is 6.54 Å². The number of benzene rings is 2. The molecule has 0 unspecified atom stereocenters. The highest BCUT2D eigenvalue weighted by atomic mass is 16.2. The lowest BCUT2D eigenvalue weighted by Crippen LogP contribution is -2.28. The van der Waals surface area contributed by atoms with Crippen LogP contribution in [0.4, 0.5) is 0 Å². The molecule has 0 aliphatic heterocycles. The highest BCUT2D eigenvalue weighted by Gasteiger charge is 2.18. The minimum Gasteiger partial charge on any atom is -0.352 e. The fraction of sp³-hybridized carbons (Fsp3) is 0.130. The van der Waals surface area contributed by atoms with Crippen molar-refractivity contribution >= 4 is 17.3 Å². The number of pyridine rings is 1. The number of nitrogens with zero attached hydrogens (tertiary/aromatic N) is 3. The third-order valence-electron chi connectivity index (χ3n) is 4.75. The van der Waals surface area contributed by atoms with Gasteiger partial charge in [-0.3, -0.25) is 14.0 Å². The highest BCUT2D eigenvalue weighted by molar-refractivity contribution is 6.15. The first-order valence-electron chi connectivity index (χ1n) is 9.41. The van der Waals surface area contributed by atoms with E-state index in [1.165, 1.54) is 0 Å². The van der Waals surface area contributed by atoms with Crippen molar-refractivity contribution in [3.8, 4) is 0 Å². The number of hydrogen-bond acceptors (Lipinski definition) is 4. The molecule has 6 nitrogen and oxygen atoms in total. The first kappa shape index (κ1) is 18.6. The predicted octanol–water partition coefficient (Wildman–Crippen LogP) is 3.24. The van der Waals surface area contributed by atoms with Crippen LogP contribution >= 0.6 is 0 Å². The lowest BCUT2D eigenvalue weighted by Gasteiger charge is -2.10. The average Bonchev–Trinajstić information content (AvgIpc) is 3.17. The lowest BCUT2D eigenvalue weighted by atomic mass is 9.97. The average molecular weight is 384 g/mol. The summed E-state index contributed by atoms with van der Waals surface area (Å²) in [6, 6.07) is 19.9. The summed E-state index contributed by atoms with van der Waals surface area (Å²) in [5, 5.41) is 11.2. The summed E-state index contributed by atoms with van der Waals surface area (Å²) in [7, 11) is 0. The van der Waals surface area contributed by atoms with E-state index in [1.54, 1.807) is 36.4 Å². The number of amides is 1. The molecule has 2 heterocycles. The SMILES string of the molecule is Cc1ccc(C(=O)c2ccccc2C(=O)NCCc2nnc3ccccn23)cc1. The summed E-state index contributed by atoms with van der Waals surface area (Å²) in [6.07, 6.45) is 2.42. The van der Waals surface area contributed by atoms with E-state index in [0.717, 1.165) is 17.0 Å². The van der Waals surface area contributed by atoms with Gasteiger partial charge in [-0.2, -0.15) is 0 Å². The van der Waals surface area contributed by atoms with Crippen LogP contribution in [0.1, 0.15) is 37.7 Å². The van der Waals surface area contributed by atoms with Crippen LogP contribution in [0.5, 0.6) is 0 Å². The van der Waals surface area contributed by atoms with Crippen LogP contribution in [0.3, 0.4) is 0 Å². The Morgan fingerprint density at radius 3 is 2.41 bits per heavy atom. The van der Waals surface area contributed by atoms with Crippen molar-refractivity contribution in [1.29, 1.82) is 0 Å². The normalized spacial score (nSPS) is 10.8. The summed E-state index contributed by atoms with van der Waals surface area (Å²) in [5.74, 6) is 0.319. The Kier molecular flexibility index (Phi) is 5.16. The van der Waals surface area contributed by atoms with Gasteiger partial charge >= 0.3 is 0 Å². The summed E-state index contributed by atoms with van der Waals surface area (Å²) >= 11 is 0. The van der Waals surface area contributed by atoms with E-state index in [2.05, 4.69) is 15.5 Å². The van der Waals surface area contributed by atoms with Crippen LogP contribution < -0.4 is 5.32 Å². The van der Waals surface area contributed by atoms with E-state index < -0.39 is 0 Å². The molecule has 0 aliphatic carbocycles. The van der Waals surface area contributed by atoms with Gasteiger partial charge in [0.25, 0.3) is 5.91 Å². The number of carbonyl (C=O) groups is 2. The largest absolute Gasteiger partial charge is 0.352 e. The van der Waals surface area contributed by atoms with Gasteiger partial charge in [-0.25, -0.2) is 0 Å². The second kappa shape index (κ2) is 8.06. The molecule has 0 aliphatic rings. The number of aromatic nitrogens is 3. The molecule has 144 valence electrons. The van der Waals surface area contributed by atoms with Crippen LogP contribution in [0.15, 0.2) is 72.9 Å². The third kappa shape index (κ3) is 3.91. The maximum absolute atomic E-state index is 12.9. The zero-order valence-corrected chi connectivity index (χ0v) is 16.0. The lowest BCUT2D eigenvalue weighted by molar-refractivity contribution is 0.0942. The van der Waals surface area contributed by atoms with E-state index >= 15 is 0 Å². The highest BCUT2D eigenvalue weighted by Crippen LogP contribution is 2.15. The Morgan fingerprint density at radius 1 is 0.897 bits per heavy atom. The smallest absolute Gasteiger partial charge is 0.252 e. The van der Waals surface area contributed by atoms with Crippen molar-refractivity contribution in [2.45, 2.75) is 13.3 Å². The minimum atomic E-state index is -0.283. The minimum absolute atomic E-state index is 0.167. The van der Waals surface area contributed by atoms with Gasteiger partial charge in [0, 0.05) is 30.3 Å². The molecule has 0 saturated heterocycles. The van der Waals surface area contributed by atoms with E-state index in [1.807, 2.05) is 47.9 Å². The van der Waals surface area contributed by atoms with Gasteiger partial charge in [-0.05, 0) is 25.1 Å². The molecule has 4 rings (SSSR count). The van der Waals surface area contributed by atoms with Gasteiger partial charge in [-0.1, -0.05) is 54.1 Å². The Labute approximate surface area is 168 Å². The molecule has 0 spiro atoms. The molecular formula is C23H20N4O2. The van der Waals surface area contributed by atoms with Gasteiger partial charge in [0.05, 0.1) is 5.56 Å². The fourth-order valence-corrected chi connectivity index (χ4v) is 3.18. The number of aryl methyl sites for hydroxylation is 1. The molecule has 0 fully saturated rings. The molecule has 2 aromatic carbocycles. The van der Waals surface area contributed by atoms with Crippen molar-refractivity contribution in [1.82, 2.24) is 19.9 Å². The van der Waals surface area contributed by atoms with Gasteiger partial charge in [0.2, 0.25) is 0 Å². The molecule has 0 bridgehead atoms. The van der Waals surface area contributed by atoms with Crippen molar-refractivity contribution < 1.29 is 9.59 Å². The second-order valence-electron chi connectivity index (χ2n) is 6.79. The monoisotopic (exact) mass is 384 g/mol. The van der Waals surface area contributed by atoms with Crippen LogP contribution in [0, 0.1) is 6.92 Å². The van der Waals surface area contributed by atoms with Crippen molar-refractivity contribution in [3.05, 3.63) is 101 Å². The maximum atomic E-state index is 12.9. The summed E-state index contributed by atoms with van der Waals surface area (Å²) in [6.45, 7) is 2.36. The molecule has 6 heteroatoms. The third-order valence-corrected chi connectivity index (χ3v) is 4.75. The number of rotatable bonds is 6. The van der Waals surface area contributed by atoms with E-state index in [0.29, 0.717) is 29.7 Å². The van der Waals surface area contributed by atoms with Crippen molar-refractivity contribution in [2.24, 2.45) is 0 Å². The Morgan fingerprint density at radius 2 is 1.62 bits per heavy atom. The second-order valence-corrected chi connectivity index (χ2v) is 6.79. The number of nitrogens with one attached hydrogen (secondary N) is 1. The topological polar surface area (TPSA) is 76.4 Å². The molecule has 0 radical (unpaired) electrons. The summed E-state index contributed by atoms with van der Waals surface area (Å²) in [5.41, 5.74) is 3.16. The molecule has 0 atom stereocenters. The van der Waals surface area contributed by atoms with E-state index in [-0.39, 0.29) is 11.7 Å². The molecule has 4 aromatic rings. The van der Waals surface area contributed by atoms with E-state index in [4.69, 9.17) is 0 Å². The van der Waals surface area contributed by atoms with Crippen LogP contribution in [0.25, 0.3) is 5.65 Å². The molecule has 2 aromatic heterocycles. The fourth-order valence-electron chi connectivity index (χ4n) is 3.18. The first-order chi connectivity index (χ1) is 14.1. The zero-order chi connectivity index (χ0) is 20.2. The summed E-state index contributed by atoms with van der Waals surface area (Å²) < 4.78 is 1.89. The maximum Gasteiger partial charge on any atom is 0.252 e. The number of fused-ring (bicyclic) bond motifs is 1. The van der Waals surface area contributed by atoms with E-state index in [9.17, 15) is 9.59 Å². The number of hydrogen-bond donors (Lipinski definition) is 1. The van der Waals surface area contributed by atoms with Crippen LogP contribution in [-0.4, -0.2) is 32.8 Å². The van der Waals surface area contributed by atoms with Crippen LogP contribution in [0.2, 0.25) is 0 Å². The van der Waals surface area contributed by atoms with Crippen molar-refractivity contribution in [3.63, 3.8) is 0 Å². The van der Waals surface area contributed by atoms with Gasteiger partial charge in [0.1, 0.15) is 5.82 Å². The molecule has 1 N–H and O–H groups in total. The molecule has 0 saturated carbocycles. The molecular weight excluding hydrogens is 364 g/mol. The Bertz CT molecular complexity index is 1180. The van der Waals surface area contributed by atoms with Crippen LogP contribution in [-0.2, 0) is 6.42 Å². The van der Waals surface area contributed by atoms with Gasteiger partial charge < -0.3 is 5.32 Å². The number of ketones is 1. The predicted molar refractivity (Wildman–Crippen MR) is 110 cm³/mol. The Balaban J connectivity index is 1.47. The molecule has 29 heavy (non-hydrogen) atoms. The first-order valence-corrected chi connectivity index (χ1v) is 9.41.